The lowest BCUT2D eigenvalue weighted by Gasteiger charge is -2.28. The van der Waals surface area contributed by atoms with Gasteiger partial charge in [-0.15, -0.1) is 0 Å². The molecule has 21 heavy (non-hydrogen) atoms. The Labute approximate surface area is 125 Å². The van der Waals surface area contributed by atoms with Gasteiger partial charge in [-0.05, 0) is 55.1 Å². The van der Waals surface area contributed by atoms with Crippen LogP contribution in [0.25, 0.3) is 0 Å². The van der Waals surface area contributed by atoms with Gasteiger partial charge in [-0.25, -0.2) is 8.42 Å². The summed E-state index contributed by atoms with van der Waals surface area (Å²) in [7, 11) is -3.18. The van der Waals surface area contributed by atoms with Gasteiger partial charge in [-0.1, -0.05) is 41.5 Å². The fourth-order valence-electron chi connectivity index (χ4n) is 5.32. The van der Waals surface area contributed by atoms with Crippen molar-refractivity contribution in [3.63, 3.8) is 0 Å². The molecular weight excluding hydrogens is 280 g/mol. The third kappa shape index (κ3) is 1.45. The molecule has 0 aliphatic heterocycles. The third-order valence-corrected chi connectivity index (χ3v) is 8.28. The number of sulfone groups is 1. The Morgan fingerprint density at radius 3 is 2.33 bits per heavy atom. The van der Waals surface area contributed by atoms with Crippen molar-refractivity contribution >= 4 is 9.84 Å². The van der Waals surface area contributed by atoms with Crippen LogP contribution in [0.1, 0.15) is 19.3 Å². The van der Waals surface area contributed by atoms with E-state index in [-0.39, 0.29) is 11.2 Å². The average Bonchev–Trinajstić information content (AvgIpc) is 3.26. The van der Waals surface area contributed by atoms with Crippen molar-refractivity contribution in [3.05, 3.63) is 53.6 Å². The van der Waals surface area contributed by atoms with Gasteiger partial charge in [-0.2, -0.15) is 0 Å². The van der Waals surface area contributed by atoms with Crippen LogP contribution in [0.15, 0.2) is 58.5 Å². The summed E-state index contributed by atoms with van der Waals surface area (Å²) in [5.74, 6) is 2.01. The van der Waals surface area contributed by atoms with Gasteiger partial charge < -0.3 is 0 Å². The van der Waals surface area contributed by atoms with E-state index >= 15 is 0 Å². The molecule has 5 unspecified atom stereocenters. The zero-order valence-corrected chi connectivity index (χ0v) is 12.6. The highest BCUT2D eigenvalue weighted by atomic mass is 32.2. The maximum atomic E-state index is 13.0. The molecule has 4 bridgehead atoms. The van der Waals surface area contributed by atoms with E-state index in [4.69, 9.17) is 0 Å². The number of benzene rings is 1. The molecule has 0 N–H and O–H groups in total. The van der Waals surface area contributed by atoms with Crippen molar-refractivity contribution in [2.45, 2.75) is 29.4 Å². The zero-order valence-electron chi connectivity index (χ0n) is 11.8. The summed E-state index contributed by atoms with van der Waals surface area (Å²) in [5.41, 5.74) is 3.15. The Kier molecular flexibility index (Phi) is 2.26. The quantitative estimate of drug-likeness (QED) is 0.619. The highest BCUT2D eigenvalue weighted by Crippen LogP contribution is 2.62. The maximum Gasteiger partial charge on any atom is 0.181 e. The Hall–Kier alpha value is -1.35. The predicted octanol–water partition coefficient (Wildman–Crippen LogP) is 3.37. The molecule has 108 valence electrons. The first-order valence-electron chi connectivity index (χ1n) is 7.87. The fourth-order valence-corrected chi connectivity index (χ4v) is 7.39. The van der Waals surface area contributed by atoms with Crippen LogP contribution in [0, 0.1) is 23.7 Å². The van der Waals surface area contributed by atoms with E-state index in [1.54, 1.807) is 17.7 Å². The van der Waals surface area contributed by atoms with Crippen LogP contribution in [-0.2, 0) is 9.84 Å². The molecule has 4 aliphatic carbocycles. The highest BCUT2D eigenvalue weighted by molar-refractivity contribution is 7.92. The Balaban J connectivity index is 1.56. The summed E-state index contributed by atoms with van der Waals surface area (Å²) in [6, 6.07) is 9.02. The molecule has 0 spiro atoms. The number of fused-ring (bicyclic) bond motifs is 8. The number of rotatable bonds is 2. The molecule has 0 amide bonds. The lowest BCUT2D eigenvalue weighted by molar-refractivity contribution is 0.536. The second-order valence-electron chi connectivity index (χ2n) is 6.92. The van der Waals surface area contributed by atoms with Gasteiger partial charge in [-0.3, -0.25) is 0 Å². The SMILES string of the molecule is O=S(=O)(c1ccccc1)C1CC2CC1C1=C2C2C=CC1C2. The minimum Gasteiger partial charge on any atom is -0.223 e. The molecule has 0 aromatic heterocycles. The Bertz CT molecular complexity index is 773. The van der Waals surface area contributed by atoms with Gasteiger partial charge in [0.15, 0.2) is 9.84 Å². The van der Waals surface area contributed by atoms with Crippen LogP contribution in [-0.4, -0.2) is 13.7 Å². The summed E-state index contributed by atoms with van der Waals surface area (Å²) in [5, 5.41) is -0.184. The molecule has 0 saturated heterocycles. The van der Waals surface area contributed by atoms with E-state index in [9.17, 15) is 8.42 Å². The molecule has 4 aliphatic rings. The van der Waals surface area contributed by atoms with Gasteiger partial charge in [0.25, 0.3) is 0 Å². The summed E-state index contributed by atoms with van der Waals surface area (Å²) < 4.78 is 26.0. The van der Waals surface area contributed by atoms with Crippen LogP contribution in [0.3, 0.4) is 0 Å². The summed E-state index contributed by atoms with van der Waals surface area (Å²) in [6.45, 7) is 0. The molecule has 5 atom stereocenters. The first kappa shape index (κ1) is 12.2. The summed E-state index contributed by atoms with van der Waals surface area (Å²) >= 11 is 0. The van der Waals surface area contributed by atoms with Gasteiger partial charge in [0, 0.05) is 0 Å². The van der Waals surface area contributed by atoms with E-state index in [0.29, 0.717) is 22.6 Å². The molecule has 1 fully saturated rings. The third-order valence-electron chi connectivity index (χ3n) is 6.03. The molecule has 0 radical (unpaired) electrons. The zero-order chi connectivity index (χ0) is 14.2. The van der Waals surface area contributed by atoms with Crippen molar-refractivity contribution in [1.29, 1.82) is 0 Å². The lowest BCUT2D eigenvalue weighted by Crippen LogP contribution is -2.30. The van der Waals surface area contributed by atoms with Crippen molar-refractivity contribution in [2.24, 2.45) is 23.7 Å². The van der Waals surface area contributed by atoms with Crippen molar-refractivity contribution in [3.8, 4) is 0 Å². The average molecular weight is 298 g/mol. The second-order valence-corrected chi connectivity index (χ2v) is 9.08. The predicted molar refractivity (Wildman–Crippen MR) is 81.4 cm³/mol. The van der Waals surface area contributed by atoms with E-state index in [1.165, 1.54) is 12.0 Å². The monoisotopic (exact) mass is 298 g/mol. The van der Waals surface area contributed by atoms with Crippen molar-refractivity contribution in [1.82, 2.24) is 0 Å². The van der Waals surface area contributed by atoms with Crippen LogP contribution in [0.4, 0.5) is 0 Å². The van der Waals surface area contributed by atoms with Crippen LogP contribution >= 0.6 is 0 Å². The van der Waals surface area contributed by atoms with Gasteiger partial charge in [0.2, 0.25) is 0 Å². The van der Waals surface area contributed by atoms with Gasteiger partial charge >= 0.3 is 0 Å². The molecule has 1 saturated carbocycles. The minimum absolute atomic E-state index is 0.184. The first-order chi connectivity index (χ1) is 10.2. The maximum absolute atomic E-state index is 13.0. The molecule has 1 aromatic rings. The second kappa shape index (κ2) is 3.89. The molecule has 0 heterocycles. The smallest absolute Gasteiger partial charge is 0.181 e. The van der Waals surface area contributed by atoms with E-state index in [0.717, 1.165) is 12.8 Å². The van der Waals surface area contributed by atoms with E-state index < -0.39 is 9.84 Å². The molecule has 5 rings (SSSR count). The molecular formula is C18H18O2S. The lowest BCUT2D eigenvalue weighted by atomic mass is 9.85. The van der Waals surface area contributed by atoms with Gasteiger partial charge in [0.05, 0.1) is 10.1 Å². The standard InChI is InChI=1S/C18H18O2S/c19-21(20,14-4-2-1-3-5-14)16-10-13-9-15(16)18-12-7-6-11(8-12)17(13)18/h1-7,11-13,15-16H,8-10H2. The molecule has 1 aromatic carbocycles. The van der Waals surface area contributed by atoms with Crippen LogP contribution < -0.4 is 0 Å². The summed E-state index contributed by atoms with van der Waals surface area (Å²) in [4.78, 5) is 0.503. The highest BCUT2D eigenvalue weighted by Gasteiger charge is 2.56. The Morgan fingerprint density at radius 1 is 0.857 bits per heavy atom. The molecule has 2 nitrogen and oxygen atoms in total. The normalized spacial score (nSPS) is 39.3. The number of hydrogen-bond donors (Lipinski definition) is 0. The Morgan fingerprint density at radius 2 is 1.57 bits per heavy atom. The van der Waals surface area contributed by atoms with Gasteiger partial charge in [0.1, 0.15) is 0 Å². The minimum atomic E-state index is -3.18. The van der Waals surface area contributed by atoms with Crippen LogP contribution in [0.5, 0.6) is 0 Å². The first-order valence-corrected chi connectivity index (χ1v) is 9.42. The van der Waals surface area contributed by atoms with E-state index in [1.807, 2.05) is 18.2 Å². The van der Waals surface area contributed by atoms with Crippen LogP contribution in [0.2, 0.25) is 0 Å². The summed E-state index contributed by atoms with van der Waals surface area (Å²) in [6.07, 6.45) is 7.81. The fraction of sp³-hybridized carbons (Fsp3) is 0.444. The van der Waals surface area contributed by atoms with Crippen molar-refractivity contribution < 1.29 is 8.42 Å². The topological polar surface area (TPSA) is 34.1 Å². The molecule has 3 heteroatoms. The number of allylic oxidation sites excluding steroid dienone is 4. The van der Waals surface area contributed by atoms with E-state index in [2.05, 4.69) is 12.2 Å². The van der Waals surface area contributed by atoms with Crippen molar-refractivity contribution in [2.75, 3.05) is 0 Å². The largest absolute Gasteiger partial charge is 0.223 e. The number of hydrogen-bond acceptors (Lipinski definition) is 2.